The lowest BCUT2D eigenvalue weighted by Crippen LogP contribution is -2.37. The highest BCUT2D eigenvalue weighted by atomic mass is 79.9. The van der Waals surface area contributed by atoms with Crippen LogP contribution in [0.3, 0.4) is 0 Å². The molecule has 0 aliphatic carbocycles. The lowest BCUT2D eigenvalue weighted by atomic mass is 10.1. The quantitative estimate of drug-likeness (QED) is 0.322. The normalized spacial score (nSPS) is 14.6. The predicted molar refractivity (Wildman–Crippen MR) is 128 cm³/mol. The van der Waals surface area contributed by atoms with Crippen molar-refractivity contribution >= 4 is 39.3 Å². The zero-order chi connectivity index (χ0) is 22.7. The molecule has 0 saturated heterocycles. The van der Waals surface area contributed by atoms with E-state index in [2.05, 4.69) is 37.7 Å². The van der Waals surface area contributed by atoms with E-state index in [9.17, 15) is 4.79 Å². The van der Waals surface area contributed by atoms with E-state index in [1.807, 2.05) is 49.4 Å². The highest BCUT2D eigenvalue weighted by Crippen LogP contribution is 2.45. The monoisotopic (exact) mass is 512 g/mol. The number of rotatable bonds is 6. The molecule has 1 aliphatic heterocycles. The van der Waals surface area contributed by atoms with Gasteiger partial charge in [0.15, 0.2) is 5.69 Å². The number of halogens is 1. The van der Waals surface area contributed by atoms with Gasteiger partial charge in [-0.25, -0.2) is 0 Å². The summed E-state index contributed by atoms with van der Waals surface area (Å²) in [4.78, 5) is 19.5. The first-order valence-electron chi connectivity index (χ1n) is 9.97. The minimum atomic E-state index is -0.814. The highest BCUT2D eigenvalue weighted by Gasteiger charge is 2.36. The van der Waals surface area contributed by atoms with Gasteiger partial charge in [0.05, 0.1) is 18.4 Å². The fourth-order valence-corrected chi connectivity index (χ4v) is 4.34. The molecule has 0 radical (unpaired) electrons. The second-order valence-corrected chi connectivity index (χ2v) is 8.74. The van der Waals surface area contributed by atoms with Crippen molar-refractivity contribution in [1.82, 2.24) is 15.2 Å². The maximum Gasteiger partial charge on any atom is 0.247 e. The van der Waals surface area contributed by atoms with Crippen LogP contribution >= 0.6 is 27.7 Å². The smallest absolute Gasteiger partial charge is 0.247 e. The Kier molecular flexibility index (Phi) is 6.76. The molecule has 0 fully saturated rings. The molecule has 2 aromatic carbocycles. The molecule has 32 heavy (non-hydrogen) atoms. The Hall–Kier alpha value is -2.91. The van der Waals surface area contributed by atoms with Crippen LogP contribution < -0.4 is 14.4 Å². The van der Waals surface area contributed by atoms with Crippen LogP contribution in [0.5, 0.6) is 11.6 Å². The summed E-state index contributed by atoms with van der Waals surface area (Å²) in [5, 5.41) is 9.12. The van der Waals surface area contributed by atoms with Gasteiger partial charge in [0.1, 0.15) is 5.75 Å². The summed E-state index contributed by atoms with van der Waals surface area (Å²) in [7, 11) is 1.59. The maximum absolute atomic E-state index is 13.2. The first kappa shape index (κ1) is 22.3. The number of methoxy groups -OCH3 is 1. The summed E-state index contributed by atoms with van der Waals surface area (Å²) >= 11 is 4.93. The summed E-state index contributed by atoms with van der Waals surface area (Å²) in [5.74, 6) is 1.43. The molecule has 1 amide bonds. The largest absolute Gasteiger partial charge is 0.496 e. The van der Waals surface area contributed by atoms with Gasteiger partial charge in [0.2, 0.25) is 23.2 Å². The van der Waals surface area contributed by atoms with E-state index in [1.165, 1.54) is 11.8 Å². The van der Waals surface area contributed by atoms with Crippen LogP contribution in [0.15, 0.2) is 64.7 Å². The van der Waals surface area contributed by atoms with Crippen LogP contribution in [0.25, 0.3) is 11.3 Å². The molecule has 0 saturated carbocycles. The molecular formula is C23H21BrN4O3S. The van der Waals surface area contributed by atoms with Crippen LogP contribution in [0.4, 0.5) is 5.69 Å². The topological polar surface area (TPSA) is 77.4 Å². The molecule has 1 aromatic heterocycles. The molecule has 7 nitrogen and oxygen atoms in total. The Labute approximate surface area is 199 Å². The van der Waals surface area contributed by atoms with E-state index >= 15 is 0 Å². The zero-order valence-corrected chi connectivity index (χ0v) is 20.0. The Morgan fingerprint density at radius 2 is 2.12 bits per heavy atom. The average molecular weight is 513 g/mol. The van der Waals surface area contributed by atoms with Gasteiger partial charge in [0.25, 0.3) is 0 Å². The van der Waals surface area contributed by atoms with E-state index in [-0.39, 0.29) is 5.91 Å². The molecule has 0 spiro atoms. The van der Waals surface area contributed by atoms with Crippen molar-refractivity contribution in [3.63, 3.8) is 0 Å². The number of anilines is 1. The fourth-order valence-electron chi connectivity index (χ4n) is 3.45. The van der Waals surface area contributed by atoms with Crippen LogP contribution in [0.1, 0.15) is 25.1 Å². The Morgan fingerprint density at radius 1 is 1.31 bits per heavy atom. The summed E-state index contributed by atoms with van der Waals surface area (Å²) in [6.07, 6.45) is 1.25. The second-order valence-electron chi connectivity index (χ2n) is 6.84. The lowest BCUT2D eigenvalue weighted by molar-refractivity contribution is -0.120. The number of para-hydroxylation sites is 1. The highest BCUT2D eigenvalue weighted by molar-refractivity contribution is 9.10. The fraction of sp³-hybridized carbons (Fsp3) is 0.217. The minimum absolute atomic E-state index is 0.105. The van der Waals surface area contributed by atoms with Crippen LogP contribution in [-0.4, -0.2) is 34.0 Å². The average Bonchev–Trinajstić information content (AvgIpc) is 2.96. The van der Waals surface area contributed by atoms with Crippen molar-refractivity contribution in [2.24, 2.45) is 0 Å². The molecule has 1 aliphatic rings. The van der Waals surface area contributed by atoms with Crippen molar-refractivity contribution in [3.05, 3.63) is 65.2 Å². The number of aromatic nitrogens is 3. The van der Waals surface area contributed by atoms with Gasteiger partial charge >= 0.3 is 0 Å². The molecule has 4 rings (SSSR count). The van der Waals surface area contributed by atoms with Crippen molar-refractivity contribution in [3.8, 4) is 22.9 Å². The van der Waals surface area contributed by atoms with Gasteiger partial charge in [-0.15, -0.1) is 16.8 Å². The molecule has 164 valence electrons. The number of carbonyl (C=O) groups excluding carboxylic acids is 1. The van der Waals surface area contributed by atoms with Crippen LogP contribution in [0, 0.1) is 0 Å². The number of hydrogen-bond acceptors (Lipinski definition) is 7. The molecule has 3 aromatic rings. The van der Waals surface area contributed by atoms with E-state index in [0.29, 0.717) is 45.9 Å². The van der Waals surface area contributed by atoms with Crippen LogP contribution in [0.2, 0.25) is 0 Å². The van der Waals surface area contributed by atoms with Gasteiger partial charge in [0, 0.05) is 22.2 Å². The summed E-state index contributed by atoms with van der Waals surface area (Å²) < 4.78 is 12.9. The van der Waals surface area contributed by atoms with Crippen molar-refractivity contribution < 1.29 is 14.3 Å². The lowest BCUT2D eigenvalue weighted by Gasteiger charge is -2.31. The third kappa shape index (κ3) is 4.22. The van der Waals surface area contributed by atoms with E-state index in [0.717, 1.165) is 10.0 Å². The third-order valence-corrected chi connectivity index (χ3v) is 6.20. The zero-order valence-electron chi connectivity index (χ0n) is 17.6. The Bertz CT molecular complexity index is 1170. The number of thioether (sulfide) groups is 1. The molecule has 0 bridgehead atoms. The number of amides is 1. The first-order valence-corrected chi connectivity index (χ1v) is 11.7. The van der Waals surface area contributed by atoms with Gasteiger partial charge < -0.3 is 9.47 Å². The van der Waals surface area contributed by atoms with E-state index in [1.54, 1.807) is 18.1 Å². The molecule has 9 heteroatoms. The molecule has 1 unspecified atom stereocenters. The first-order chi connectivity index (χ1) is 15.6. The second kappa shape index (κ2) is 9.70. The molecule has 0 N–H and O–H groups in total. The molecule has 2 heterocycles. The molecular weight excluding hydrogens is 492 g/mol. The van der Waals surface area contributed by atoms with E-state index < -0.39 is 6.23 Å². The van der Waals surface area contributed by atoms with Crippen LogP contribution in [-0.2, 0) is 4.79 Å². The number of benzene rings is 2. The number of ether oxygens (including phenoxy) is 2. The number of hydrogen-bond donors (Lipinski definition) is 0. The summed E-state index contributed by atoms with van der Waals surface area (Å²) in [6.45, 7) is 5.55. The van der Waals surface area contributed by atoms with Crippen molar-refractivity contribution in [2.75, 3.05) is 17.8 Å². The number of carbonyl (C=O) groups is 1. The third-order valence-electron chi connectivity index (χ3n) is 4.87. The van der Waals surface area contributed by atoms with E-state index in [4.69, 9.17) is 9.47 Å². The maximum atomic E-state index is 13.2. The van der Waals surface area contributed by atoms with Gasteiger partial charge in [-0.1, -0.05) is 58.9 Å². The Balaban J connectivity index is 1.96. The van der Waals surface area contributed by atoms with Gasteiger partial charge in [-0.2, -0.15) is 4.98 Å². The number of fused-ring (bicyclic) bond motifs is 3. The minimum Gasteiger partial charge on any atom is -0.496 e. The summed E-state index contributed by atoms with van der Waals surface area (Å²) in [5.41, 5.74) is 2.56. The Morgan fingerprint density at radius 3 is 2.88 bits per heavy atom. The number of nitrogens with zero attached hydrogens (tertiary/aromatic N) is 4. The van der Waals surface area contributed by atoms with Crippen molar-refractivity contribution in [2.45, 2.75) is 24.7 Å². The predicted octanol–water partition coefficient (Wildman–Crippen LogP) is 5.42. The summed E-state index contributed by atoms with van der Waals surface area (Å²) in [6, 6.07) is 13.1. The van der Waals surface area contributed by atoms with Gasteiger partial charge in [-0.05, 0) is 24.3 Å². The molecule has 1 atom stereocenters. The standard InChI is InChI=1S/C23H21BrN4O3S/c1-4-12-32-23-25-21-20(26-27-23)15-8-6-7-9-17(15)28(19(29)5-2)22(31-21)16-13-14(24)10-11-18(16)30-3/h4,6-11,13,22H,1,5,12H2,2-3H3. The van der Waals surface area contributed by atoms with Crippen molar-refractivity contribution in [1.29, 1.82) is 0 Å². The SMILES string of the molecule is C=CCSc1nnc2c(n1)OC(c1cc(Br)ccc1OC)N(C(=O)CC)c1ccccc1-2. The van der Waals surface area contributed by atoms with Gasteiger partial charge in [-0.3, -0.25) is 9.69 Å².